The maximum absolute atomic E-state index is 12.4. The third-order valence-corrected chi connectivity index (χ3v) is 12.8. The van der Waals surface area contributed by atoms with E-state index in [0.29, 0.717) is 16.6 Å². The Bertz CT molecular complexity index is 2860. The van der Waals surface area contributed by atoms with Crippen LogP contribution < -0.4 is 21.1 Å². The highest BCUT2D eigenvalue weighted by Gasteiger charge is 2.28. The summed E-state index contributed by atoms with van der Waals surface area (Å²) in [6.45, 7) is 9.22. The molecule has 4 aliphatic heterocycles. The number of halogens is 1. The molecule has 0 fully saturated rings. The average Bonchev–Trinajstić information content (AvgIpc) is 3.30. The summed E-state index contributed by atoms with van der Waals surface area (Å²) < 4.78 is 25.0. The first-order valence-corrected chi connectivity index (χ1v) is 23.8. The molecule has 13 nitrogen and oxygen atoms in total. The van der Waals surface area contributed by atoms with Gasteiger partial charge in [0.2, 0.25) is 6.79 Å². The Morgan fingerprint density at radius 2 is 1.11 bits per heavy atom. The number of carbonyl (C=O) groups excluding carboxylic acids is 3. The molecule has 0 atom stereocenters. The molecule has 4 aromatic carbocycles. The predicted molar refractivity (Wildman–Crippen MR) is 257 cm³/mol. The number of benzene rings is 4. The zero-order chi connectivity index (χ0) is 46.2. The number of nitrogens with zero attached hydrogens (tertiary/aromatic N) is 2. The molecule has 0 radical (unpaired) electrons. The molecular weight excluding hydrogens is 896 g/mol. The lowest BCUT2D eigenvalue weighted by Gasteiger charge is -2.37. The number of esters is 3. The van der Waals surface area contributed by atoms with Gasteiger partial charge in [0.05, 0.1) is 7.11 Å². The first-order valence-electron chi connectivity index (χ1n) is 22.7. The lowest BCUT2D eigenvalue weighted by molar-refractivity contribution is -0.149. The Kier molecular flexibility index (Phi) is 15.6. The topological polar surface area (TPSA) is 166 Å². The number of rotatable bonds is 7. The van der Waals surface area contributed by atoms with E-state index in [-0.39, 0.29) is 17.7 Å². The Morgan fingerprint density at radius 3 is 1.52 bits per heavy atom. The van der Waals surface area contributed by atoms with Crippen LogP contribution >= 0.6 is 15.9 Å². The number of aliphatic hydroxyl groups excluding tert-OH is 1. The summed E-state index contributed by atoms with van der Waals surface area (Å²) in [6.07, 6.45) is 12.8. The van der Waals surface area contributed by atoms with Crippen LogP contribution in [0.4, 0.5) is 11.4 Å². The van der Waals surface area contributed by atoms with Crippen molar-refractivity contribution >= 4 is 88.7 Å². The van der Waals surface area contributed by atoms with Gasteiger partial charge in [-0.15, -0.1) is 0 Å². The van der Waals surface area contributed by atoms with Gasteiger partial charge in [-0.3, -0.25) is 4.79 Å². The molecule has 0 saturated carbocycles. The van der Waals surface area contributed by atoms with Crippen LogP contribution in [-0.4, -0.2) is 75.0 Å². The van der Waals surface area contributed by atoms with Crippen LogP contribution in [0.1, 0.15) is 109 Å². The summed E-state index contributed by atoms with van der Waals surface area (Å²) in [5.74, 6) is -2.13. The molecule has 6 heterocycles. The second kappa shape index (κ2) is 21.5. The van der Waals surface area contributed by atoms with Gasteiger partial charge in [0.25, 0.3) is 0 Å². The third-order valence-electron chi connectivity index (χ3n) is 12.2. The van der Waals surface area contributed by atoms with E-state index in [0.717, 1.165) is 98.1 Å². The molecule has 1 N–H and O–H groups in total. The second-order valence-corrected chi connectivity index (χ2v) is 17.4. The largest absolute Gasteiger partial charge is 0.465 e. The van der Waals surface area contributed by atoms with Gasteiger partial charge in [0.15, 0.2) is 0 Å². The number of unbranched alkanes of at least 4 members (excludes halogenated alkanes) is 2. The van der Waals surface area contributed by atoms with Crippen LogP contribution in [0.15, 0.2) is 67.0 Å². The van der Waals surface area contributed by atoms with Gasteiger partial charge in [0.1, 0.15) is 22.3 Å². The number of carbonyl (C=O) groups is 3. The fourth-order valence-corrected chi connectivity index (χ4v) is 9.82. The first kappa shape index (κ1) is 47.2. The van der Waals surface area contributed by atoms with Crippen LogP contribution in [0, 0.1) is 0 Å². The van der Waals surface area contributed by atoms with Crippen LogP contribution in [0.25, 0.3) is 43.5 Å². The van der Waals surface area contributed by atoms with E-state index < -0.39 is 36.0 Å². The zero-order valence-electron chi connectivity index (χ0n) is 37.6. The number of aryl methyl sites for hydroxylation is 4. The molecule has 6 aromatic rings. The molecule has 0 aliphatic carbocycles. The first-order chi connectivity index (χ1) is 31.5. The fraction of sp³-hybridized carbons (Fsp3) is 0.431. The van der Waals surface area contributed by atoms with Crippen LogP contribution in [0.5, 0.6) is 0 Å². The van der Waals surface area contributed by atoms with Gasteiger partial charge < -0.3 is 38.0 Å². The quantitative estimate of drug-likeness (QED) is 0.0402. The molecule has 0 saturated heterocycles. The molecule has 0 amide bonds. The summed E-state index contributed by atoms with van der Waals surface area (Å²) in [5.41, 5.74) is 7.43. The minimum absolute atomic E-state index is 0.0650. The fourth-order valence-electron chi connectivity index (χ4n) is 9.43. The van der Waals surface area contributed by atoms with Crippen molar-refractivity contribution in [2.45, 2.75) is 91.4 Å². The van der Waals surface area contributed by atoms with Crippen molar-refractivity contribution in [3.8, 4) is 0 Å². The average molecular weight is 954 g/mol. The van der Waals surface area contributed by atoms with E-state index >= 15 is 0 Å². The molecule has 0 unspecified atom stereocenters. The second-order valence-electron chi connectivity index (χ2n) is 16.6. The minimum atomic E-state index is -0.886. The van der Waals surface area contributed by atoms with E-state index in [1.54, 1.807) is 13.0 Å². The summed E-state index contributed by atoms with van der Waals surface area (Å²) >= 11 is 3.35. The number of ether oxygens (including phenoxy) is 3. The highest BCUT2D eigenvalue weighted by Crippen LogP contribution is 2.42. The number of methoxy groups -OCH3 is 1. The maximum atomic E-state index is 12.4. The van der Waals surface area contributed by atoms with Crippen molar-refractivity contribution in [1.29, 1.82) is 0 Å². The summed E-state index contributed by atoms with van der Waals surface area (Å²) in [5, 5.41) is 14.6. The highest BCUT2D eigenvalue weighted by molar-refractivity contribution is 9.09. The Morgan fingerprint density at radius 1 is 0.646 bits per heavy atom. The van der Waals surface area contributed by atoms with E-state index in [9.17, 15) is 24.0 Å². The normalized spacial score (nSPS) is 14.5. The molecule has 0 spiro atoms. The maximum Gasteiger partial charge on any atom is 0.351 e. The molecular formula is C51H57BrN2O11. The molecule has 2 aromatic heterocycles. The highest BCUT2D eigenvalue weighted by atomic mass is 79.9. The SMILES string of the molecule is CC(=O)OCOC(=O)c1cc2cc3cc4c5c(c3cc2oc1=O)CCCN5CCC4.CCCCCBr.CCO.COC(=O)c1cc2cc3cc4c5c(c3cc2oc1=O)CCCN5CCC4. The lowest BCUT2D eigenvalue weighted by Crippen LogP contribution is -2.34. The Hall–Kier alpha value is -5.73. The minimum Gasteiger partial charge on any atom is -0.465 e. The van der Waals surface area contributed by atoms with Gasteiger partial charge in [-0.2, -0.15) is 0 Å². The monoisotopic (exact) mass is 952 g/mol. The van der Waals surface area contributed by atoms with Crippen LogP contribution in [0.3, 0.4) is 0 Å². The Labute approximate surface area is 385 Å². The molecule has 65 heavy (non-hydrogen) atoms. The summed E-state index contributed by atoms with van der Waals surface area (Å²) in [6, 6.07) is 15.4. The lowest BCUT2D eigenvalue weighted by atomic mass is 9.87. The smallest absolute Gasteiger partial charge is 0.351 e. The van der Waals surface area contributed by atoms with Crippen LogP contribution in [0.2, 0.25) is 0 Å². The zero-order valence-corrected chi connectivity index (χ0v) is 39.2. The van der Waals surface area contributed by atoms with Crippen molar-refractivity contribution < 1.29 is 42.5 Å². The van der Waals surface area contributed by atoms with Gasteiger partial charge >= 0.3 is 29.2 Å². The van der Waals surface area contributed by atoms with Crippen molar-refractivity contribution in [3.05, 3.63) is 103 Å². The van der Waals surface area contributed by atoms with Crippen molar-refractivity contribution in [3.63, 3.8) is 0 Å². The molecule has 0 bridgehead atoms. The van der Waals surface area contributed by atoms with E-state index in [2.05, 4.69) is 54.3 Å². The number of alkyl halides is 1. The van der Waals surface area contributed by atoms with E-state index in [4.69, 9.17) is 18.7 Å². The number of aliphatic hydroxyl groups is 1. The van der Waals surface area contributed by atoms with Crippen LogP contribution in [-0.2, 0) is 44.7 Å². The van der Waals surface area contributed by atoms with Gasteiger partial charge in [-0.25, -0.2) is 19.2 Å². The van der Waals surface area contributed by atoms with Crippen molar-refractivity contribution in [2.75, 3.05) is 61.8 Å². The van der Waals surface area contributed by atoms with Crippen molar-refractivity contribution in [2.24, 2.45) is 0 Å². The third kappa shape index (κ3) is 10.4. The number of anilines is 2. The van der Waals surface area contributed by atoms with E-state index in [1.165, 1.54) is 84.7 Å². The van der Waals surface area contributed by atoms with Gasteiger partial charge in [-0.1, -0.05) is 35.7 Å². The predicted octanol–water partition coefficient (Wildman–Crippen LogP) is 9.32. The summed E-state index contributed by atoms with van der Waals surface area (Å²) in [4.78, 5) is 64.3. The van der Waals surface area contributed by atoms with Gasteiger partial charge in [0, 0.05) is 67.2 Å². The molecule has 14 heteroatoms. The van der Waals surface area contributed by atoms with E-state index in [1.807, 2.05) is 24.3 Å². The van der Waals surface area contributed by atoms with Gasteiger partial charge in [-0.05, 0) is 157 Å². The number of hydrogen-bond donors (Lipinski definition) is 1. The molecule has 10 rings (SSSR count). The Balaban J connectivity index is 0.000000165. The molecule has 344 valence electrons. The number of hydrogen-bond acceptors (Lipinski definition) is 13. The van der Waals surface area contributed by atoms with Crippen molar-refractivity contribution in [1.82, 2.24) is 0 Å². The number of fused-ring (bicyclic) bond motifs is 6. The standard InChI is InChI=1S/C23H21NO6.C21H19NO4.C5H11Br.C2H6O/c1-13(25)28-12-29-22(26)19-10-16-9-15-8-14-4-2-6-24-7-3-5-17(21(14)24)18(15)11-20(16)30-23(19)27;1-25-20(23)17-10-14-9-13-8-12-4-2-6-22-7-3-5-15(19(12)22)16(13)11-18(14)26-21(17)24;1-2-3-4-5-6;1-2-3/h8-11H,2-7,12H2,1H3;8-11H,2-7H2,1H3;2-5H2,1H3;3H,2H2,1H3. The molecule has 4 aliphatic rings. The summed E-state index contributed by atoms with van der Waals surface area (Å²) in [7, 11) is 1.26.